The van der Waals surface area contributed by atoms with Crippen LogP contribution in [0.15, 0.2) is 18.2 Å². The number of nitrogens with one attached hydrogen (secondary N) is 1. The zero-order valence-corrected chi connectivity index (χ0v) is 10.0. The minimum atomic E-state index is 0.571. The molecule has 0 aliphatic carbocycles. The van der Waals surface area contributed by atoms with Crippen LogP contribution in [0.4, 0.5) is 11.4 Å². The van der Waals surface area contributed by atoms with Crippen LogP contribution in [0.3, 0.4) is 0 Å². The van der Waals surface area contributed by atoms with E-state index in [-0.39, 0.29) is 0 Å². The fourth-order valence-corrected chi connectivity index (χ4v) is 2.44. The molecule has 1 aromatic rings. The Kier molecular flexibility index (Phi) is 3.06. The third-order valence-electron chi connectivity index (χ3n) is 3.04. The highest BCUT2D eigenvalue weighted by Crippen LogP contribution is 2.36. The Hall–Kier alpha value is -0.890. The fourth-order valence-electron chi connectivity index (χ4n) is 2.21. The molecule has 0 aromatic heterocycles. The number of hydrogen-bond acceptors (Lipinski definition) is 2. The van der Waals surface area contributed by atoms with Gasteiger partial charge in [0.05, 0.1) is 16.4 Å². The molecule has 1 N–H and O–H groups in total. The predicted octanol–water partition coefficient (Wildman–Crippen LogP) is 3.37. The van der Waals surface area contributed by atoms with E-state index in [0.717, 1.165) is 30.2 Å². The van der Waals surface area contributed by atoms with Gasteiger partial charge in [-0.1, -0.05) is 17.7 Å². The molecule has 2 rings (SSSR count). The second-order valence-corrected chi connectivity index (χ2v) is 4.39. The molecule has 0 fully saturated rings. The molecule has 0 amide bonds. The maximum Gasteiger partial charge on any atom is 0.0767 e. The Labute approximate surface area is 96.2 Å². The van der Waals surface area contributed by atoms with Crippen molar-refractivity contribution in [3.8, 4) is 0 Å². The van der Waals surface area contributed by atoms with Crippen LogP contribution >= 0.6 is 11.6 Å². The molecule has 1 aliphatic rings. The summed E-state index contributed by atoms with van der Waals surface area (Å²) in [5.41, 5.74) is 2.32. The van der Waals surface area contributed by atoms with Crippen LogP contribution in [0.25, 0.3) is 0 Å². The van der Waals surface area contributed by atoms with E-state index in [2.05, 4.69) is 30.1 Å². The highest BCUT2D eigenvalue weighted by atomic mass is 35.5. The molecule has 0 saturated heterocycles. The van der Waals surface area contributed by atoms with Gasteiger partial charge in [0, 0.05) is 19.1 Å². The maximum atomic E-state index is 6.20. The van der Waals surface area contributed by atoms with Crippen molar-refractivity contribution in [1.29, 1.82) is 0 Å². The standard InChI is InChI=1S/C12H17ClN2/c1-3-15-9(2)7-8-14-12-10(13)5-4-6-11(12)15/h4-6,9,14H,3,7-8H2,1-2H3. The summed E-state index contributed by atoms with van der Waals surface area (Å²) in [5, 5.41) is 4.23. The van der Waals surface area contributed by atoms with Crippen LogP contribution in [-0.2, 0) is 0 Å². The zero-order chi connectivity index (χ0) is 10.8. The summed E-state index contributed by atoms with van der Waals surface area (Å²) in [6, 6.07) is 6.67. The fraction of sp³-hybridized carbons (Fsp3) is 0.500. The SMILES string of the molecule is CCN1c2cccc(Cl)c2NCCC1C. The third kappa shape index (κ3) is 1.91. The molecule has 2 nitrogen and oxygen atoms in total. The summed E-state index contributed by atoms with van der Waals surface area (Å²) in [6.45, 7) is 6.47. The lowest BCUT2D eigenvalue weighted by Crippen LogP contribution is -2.32. The van der Waals surface area contributed by atoms with Gasteiger partial charge in [0.25, 0.3) is 0 Å². The number of hydrogen-bond donors (Lipinski definition) is 1. The van der Waals surface area contributed by atoms with Gasteiger partial charge in [-0.05, 0) is 32.4 Å². The highest BCUT2D eigenvalue weighted by Gasteiger charge is 2.20. The van der Waals surface area contributed by atoms with Crippen LogP contribution in [0.1, 0.15) is 20.3 Å². The van der Waals surface area contributed by atoms with Gasteiger partial charge in [-0.2, -0.15) is 0 Å². The van der Waals surface area contributed by atoms with Crippen molar-refractivity contribution in [2.75, 3.05) is 23.3 Å². The molecule has 1 aromatic carbocycles. The minimum absolute atomic E-state index is 0.571. The van der Waals surface area contributed by atoms with Gasteiger partial charge in [-0.15, -0.1) is 0 Å². The molecular weight excluding hydrogens is 208 g/mol. The van der Waals surface area contributed by atoms with Crippen LogP contribution < -0.4 is 10.2 Å². The molecule has 3 heteroatoms. The van der Waals surface area contributed by atoms with E-state index in [1.165, 1.54) is 5.69 Å². The second kappa shape index (κ2) is 4.31. The number of benzene rings is 1. The van der Waals surface area contributed by atoms with Crippen molar-refractivity contribution >= 4 is 23.0 Å². The van der Waals surface area contributed by atoms with Crippen molar-refractivity contribution in [3.63, 3.8) is 0 Å². The smallest absolute Gasteiger partial charge is 0.0767 e. The summed E-state index contributed by atoms with van der Waals surface area (Å²) in [6.07, 6.45) is 1.15. The van der Waals surface area contributed by atoms with E-state index >= 15 is 0 Å². The summed E-state index contributed by atoms with van der Waals surface area (Å²) < 4.78 is 0. The van der Waals surface area contributed by atoms with Gasteiger partial charge in [0.1, 0.15) is 0 Å². The molecular formula is C12H17ClN2. The molecule has 82 valence electrons. The maximum absolute atomic E-state index is 6.20. The lowest BCUT2D eigenvalue weighted by atomic mass is 10.2. The van der Waals surface area contributed by atoms with Crippen LogP contribution in [-0.4, -0.2) is 19.1 Å². The van der Waals surface area contributed by atoms with E-state index < -0.39 is 0 Å². The molecule has 1 unspecified atom stereocenters. The first-order valence-corrected chi connectivity index (χ1v) is 5.91. The van der Waals surface area contributed by atoms with Gasteiger partial charge in [-0.25, -0.2) is 0 Å². The summed E-state index contributed by atoms with van der Waals surface area (Å²) in [4.78, 5) is 2.40. The van der Waals surface area contributed by atoms with Crippen LogP contribution in [0.5, 0.6) is 0 Å². The van der Waals surface area contributed by atoms with Gasteiger partial charge >= 0.3 is 0 Å². The minimum Gasteiger partial charge on any atom is -0.382 e. The molecule has 1 atom stereocenters. The third-order valence-corrected chi connectivity index (χ3v) is 3.35. The molecule has 1 heterocycles. The largest absolute Gasteiger partial charge is 0.382 e. The summed E-state index contributed by atoms with van der Waals surface area (Å²) in [7, 11) is 0. The first-order valence-electron chi connectivity index (χ1n) is 5.53. The molecule has 0 bridgehead atoms. The van der Waals surface area contributed by atoms with E-state index in [4.69, 9.17) is 11.6 Å². The number of para-hydroxylation sites is 1. The second-order valence-electron chi connectivity index (χ2n) is 3.98. The molecule has 1 aliphatic heterocycles. The van der Waals surface area contributed by atoms with Gasteiger partial charge < -0.3 is 10.2 Å². The number of halogens is 1. The zero-order valence-electron chi connectivity index (χ0n) is 9.26. The quantitative estimate of drug-likeness (QED) is 0.787. The van der Waals surface area contributed by atoms with Crippen molar-refractivity contribution in [2.45, 2.75) is 26.3 Å². The predicted molar refractivity (Wildman–Crippen MR) is 67.0 cm³/mol. The number of anilines is 2. The lowest BCUT2D eigenvalue weighted by molar-refractivity contribution is 0.626. The van der Waals surface area contributed by atoms with Crippen molar-refractivity contribution in [3.05, 3.63) is 23.2 Å². The first-order chi connectivity index (χ1) is 7.24. The summed E-state index contributed by atoms with van der Waals surface area (Å²) >= 11 is 6.20. The lowest BCUT2D eigenvalue weighted by Gasteiger charge is -2.29. The van der Waals surface area contributed by atoms with Crippen molar-refractivity contribution in [1.82, 2.24) is 0 Å². The topological polar surface area (TPSA) is 15.3 Å². The van der Waals surface area contributed by atoms with E-state index in [1.807, 2.05) is 12.1 Å². The Balaban J connectivity index is 2.47. The van der Waals surface area contributed by atoms with Crippen LogP contribution in [0.2, 0.25) is 5.02 Å². The van der Waals surface area contributed by atoms with Crippen LogP contribution in [0, 0.1) is 0 Å². The van der Waals surface area contributed by atoms with Gasteiger partial charge in [0.15, 0.2) is 0 Å². The van der Waals surface area contributed by atoms with E-state index in [0.29, 0.717) is 6.04 Å². The van der Waals surface area contributed by atoms with Crippen molar-refractivity contribution in [2.24, 2.45) is 0 Å². The molecule has 0 radical (unpaired) electrons. The highest BCUT2D eigenvalue weighted by molar-refractivity contribution is 6.34. The number of rotatable bonds is 1. The molecule has 0 saturated carbocycles. The van der Waals surface area contributed by atoms with E-state index in [9.17, 15) is 0 Å². The normalized spacial score (nSPS) is 20.5. The van der Waals surface area contributed by atoms with Gasteiger partial charge in [0.2, 0.25) is 0 Å². The van der Waals surface area contributed by atoms with E-state index in [1.54, 1.807) is 0 Å². The Morgan fingerprint density at radius 2 is 2.33 bits per heavy atom. The van der Waals surface area contributed by atoms with Gasteiger partial charge in [-0.3, -0.25) is 0 Å². The Morgan fingerprint density at radius 3 is 3.07 bits per heavy atom. The Morgan fingerprint density at radius 1 is 1.53 bits per heavy atom. The Bertz CT molecular complexity index is 351. The monoisotopic (exact) mass is 224 g/mol. The number of nitrogens with zero attached hydrogens (tertiary/aromatic N) is 1. The van der Waals surface area contributed by atoms with Crippen molar-refractivity contribution < 1.29 is 0 Å². The first kappa shape index (κ1) is 10.6. The average Bonchev–Trinajstić information content (AvgIpc) is 2.38. The molecule has 15 heavy (non-hydrogen) atoms. The molecule has 0 spiro atoms. The summed E-state index contributed by atoms with van der Waals surface area (Å²) in [5.74, 6) is 0. The average molecular weight is 225 g/mol. The number of fused-ring (bicyclic) bond motifs is 1.